The summed E-state index contributed by atoms with van der Waals surface area (Å²) in [5.41, 5.74) is 8.66. The van der Waals surface area contributed by atoms with Crippen molar-refractivity contribution in [1.29, 1.82) is 0 Å². The van der Waals surface area contributed by atoms with Gasteiger partial charge >= 0.3 is 0 Å². The van der Waals surface area contributed by atoms with Gasteiger partial charge in [0, 0.05) is 31.2 Å². The first-order valence-corrected chi connectivity index (χ1v) is 9.93. The molecular formula is C23H31N3O. The molecule has 2 aromatic carbocycles. The zero-order valence-electron chi connectivity index (χ0n) is 16.3. The van der Waals surface area contributed by atoms with Gasteiger partial charge in [-0.25, -0.2) is 0 Å². The lowest BCUT2D eigenvalue weighted by Crippen LogP contribution is -2.50. The molecular weight excluding hydrogens is 334 g/mol. The fourth-order valence-corrected chi connectivity index (χ4v) is 3.86. The van der Waals surface area contributed by atoms with Crippen molar-refractivity contribution < 1.29 is 4.79 Å². The second kappa shape index (κ2) is 9.16. The Bertz CT molecular complexity index is 719. The van der Waals surface area contributed by atoms with Crippen LogP contribution in [0.4, 0.5) is 0 Å². The Kier molecular flexibility index (Phi) is 6.64. The second-order valence-corrected chi connectivity index (χ2v) is 7.76. The standard InChI is InChI=1S/C23H31N3O/c1-17-15-21(13-14-26(17)16-19-9-5-3-6-10-19)25-23(27)18(2)22(24)20-11-7-4-8-12-20/h3-12,17-18,21-22H,13-16,24H2,1-2H3,(H,25,27). The quantitative estimate of drug-likeness (QED) is 0.824. The van der Waals surface area contributed by atoms with Gasteiger partial charge in [0.2, 0.25) is 5.91 Å². The van der Waals surface area contributed by atoms with Crippen LogP contribution in [0.2, 0.25) is 0 Å². The van der Waals surface area contributed by atoms with E-state index in [9.17, 15) is 4.79 Å². The number of hydrogen-bond acceptors (Lipinski definition) is 3. The van der Waals surface area contributed by atoms with Crippen LogP contribution in [0.15, 0.2) is 60.7 Å². The highest BCUT2D eigenvalue weighted by Crippen LogP contribution is 2.22. The third kappa shape index (κ3) is 5.18. The van der Waals surface area contributed by atoms with Crippen molar-refractivity contribution in [3.63, 3.8) is 0 Å². The Morgan fingerprint density at radius 3 is 2.41 bits per heavy atom. The number of nitrogens with two attached hydrogens (primary N) is 1. The molecule has 1 aliphatic rings. The van der Waals surface area contributed by atoms with Gasteiger partial charge in [0.15, 0.2) is 0 Å². The summed E-state index contributed by atoms with van der Waals surface area (Å²) in [6, 6.07) is 20.8. The number of carbonyl (C=O) groups excluding carboxylic acids is 1. The van der Waals surface area contributed by atoms with Crippen molar-refractivity contribution >= 4 is 5.91 Å². The molecule has 3 N–H and O–H groups in total. The molecule has 144 valence electrons. The minimum atomic E-state index is -0.276. The molecule has 1 fully saturated rings. The summed E-state index contributed by atoms with van der Waals surface area (Å²) in [5.74, 6) is -0.190. The Hall–Kier alpha value is -2.17. The van der Waals surface area contributed by atoms with Crippen LogP contribution in [0.1, 0.15) is 43.9 Å². The number of nitrogens with zero attached hydrogens (tertiary/aromatic N) is 1. The van der Waals surface area contributed by atoms with Crippen molar-refractivity contribution in [3.05, 3.63) is 71.8 Å². The Morgan fingerprint density at radius 2 is 1.78 bits per heavy atom. The molecule has 0 bridgehead atoms. The minimum absolute atomic E-state index is 0.0556. The molecule has 4 unspecified atom stereocenters. The summed E-state index contributed by atoms with van der Waals surface area (Å²) in [7, 11) is 0. The van der Waals surface area contributed by atoms with Gasteiger partial charge in [-0.2, -0.15) is 0 Å². The molecule has 0 spiro atoms. The largest absolute Gasteiger partial charge is 0.353 e. The summed E-state index contributed by atoms with van der Waals surface area (Å²) in [6.45, 7) is 6.14. The molecule has 0 aromatic heterocycles. The van der Waals surface area contributed by atoms with Crippen molar-refractivity contribution in [2.24, 2.45) is 11.7 Å². The summed E-state index contributed by atoms with van der Waals surface area (Å²) >= 11 is 0. The van der Waals surface area contributed by atoms with Gasteiger partial charge in [-0.05, 0) is 30.9 Å². The zero-order chi connectivity index (χ0) is 19.2. The van der Waals surface area contributed by atoms with E-state index in [1.165, 1.54) is 5.56 Å². The average Bonchev–Trinajstić information content (AvgIpc) is 2.70. The Labute approximate surface area is 162 Å². The molecule has 2 aromatic rings. The van der Waals surface area contributed by atoms with E-state index in [0.29, 0.717) is 6.04 Å². The first kappa shape index (κ1) is 19.6. The van der Waals surface area contributed by atoms with Crippen LogP contribution < -0.4 is 11.1 Å². The predicted octanol–water partition coefficient (Wildman–Crippen LogP) is 3.49. The molecule has 4 atom stereocenters. The van der Waals surface area contributed by atoms with E-state index in [4.69, 9.17) is 5.73 Å². The fourth-order valence-electron chi connectivity index (χ4n) is 3.86. The molecule has 1 heterocycles. The van der Waals surface area contributed by atoms with Crippen LogP contribution in [0.3, 0.4) is 0 Å². The number of rotatable bonds is 6. The topological polar surface area (TPSA) is 58.4 Å². The van der Waals surface area contributed by atoms with Gasteiger partial charge in [-0.1, -0.05) is 67.6 Å². The van der Waals surface area contributed by atoms with E-state index in [0.717, 1.165) is 31.5 Å². The lowest BCUT2D eigenvalue weighted by Gasteiger charge is -2.38. The lowest BCUT2D eigenvalue weighted by atomic mass is 9.93. The number of nitrogens with one attached hydrogen (secondary N) is 1. The predicted molar refractivity (Wildman–Crippen MR) is 110 cm³/mol. The molecule has 4 heteroatoms. The van der Waals surface area contributed by atoms with Crippen LogP contribution in [0.25, 0.3) is 0 Å². The maximum absolute atomic E-state index is 12.7. The van der Waals surface area contributed by atoms with E-state index in [2.05, 4.69) is 47.5 Å². The lowest BCUT2D eigenvalue weighted by molar-refractivity contribution is -0.126. The van der Waals surface area contributed by atoms with Crippen molar-refractivity contribution in [3.8, 4) is 0 Å². The summed E-state index contributed by atoms with van der Waals surface area (Å²) < 4.78 is 0. The highest BCUT2D eigenvalue weighted by Gasteiger charge is 2.29. The molecule has 3 rings (SSSR count). The molecule has 0 radical (unpaired) electrons. The third-order valence-corrected chi connectivity index (χ3v) is 5.73. The third-order valence-electron chi connectivity index (χ3n) is 5.73. The molecule has 1 amide bonds. The highest BCUT2D eigenvalue weighted by atomic mass is 16.2. The number of benzene rings is 2. The minimum Gasteiger partial charge on any atom is -0.353 e. The maximum atomic E-state index is 12.7. The summed E-state index contributed by atoms with van der Waals surface area (Å²) in [4.78, 5) is 15.2. The number of carbonyl (C=O) groups is 1. The van der Waals surface area contributed by atoms with Crippen LogP contribution in [-0.4, -0.2) is 29.4 Å². The van der Waals surface area contributed by atoms with E-state index in [1.54, 1.807) is 0 Å². The van der Waals surface area contributed by atoms with E-state index < -0.39 is 0 Å². The van der Waals surface area contributed by atoms with Crippen LogP contribution >= 0.6 is 0 Å². The molecule has 0 saturated carbocycles. The zero-order valence-corrected chi connectivity index (χ0v) is 16.3. The fraction of sp³-hybridized carbons (Fsp3) is 0.435. The van der Waals surface area contributed by atoms with E-state index in [-0.39, 0.29) is 23.9 Å². The number of amides is 1. The smallest absolute Gasteiger partial charge is 0.224 e. The number of piperidine rings is 1. The van der Waals surface area contributed by atoms with Gasteiger partial charge in [-0.3, -0.25) is 9.69 Å². The molecule has 27 heavy (non-hydrogen) atoms. The van der Waals surface area contributed by atoms with Gasteiger partial charge < -0.3 is 11.1 Å². The van der Waals surface area contributed by atoms with Crippen LogP contribution in [-0.2, 0) is 11.3 Å². The second-order valence-electron chi connectivity index (χ2n) is 7.76. The average molecular weight is 366 g/mol. The van der Waals surface area contributed by atoms with Crippen molar-refractivity contribution in [2.45, 2.75) is 51.4 Å². The number of likely N-dealkylation sites (tertiary alicyclic amines) is 1. The summed E-state index contributed by atoms with van der Waals surface area (Å²) in [6.07, 6.45) is 1.96. The van der Waals surface area contributed by atoms with Gasteiger partial charge in [0.05, 0.1) is 5.92 Å². The molecule has 1 saturated heterocycles. The van der Waals surface area contributed by atoms with Gasteiger partial charge in [0.25, 0.3) is 0 Å². The van der Waals surface area contributed by atoms with Gasteiger partial charge in [0.1, 0.15) is 0 Å². The first-order valence-electron chi connectivity index (χ1n) is 9.93. The van der Waals surface area contributed by atoms with E-state index in [1.807, 2.05) is 37.3 Å². The van der Waals surface area contributed by atoms with Crippen LogP contribution in [0.5, 0.6) is 0 Å². The first-order chi connectivity index (χ1) is 13.0. The number of hydrogen-bond donors (Lipinski definition) is 2. The monoisotopic (exact) mass is 365 g/mol. The van der Waals surface area contributed by atoms with E-state index >= 15 is 0 Å². The maximum Gasteiger partial charge on any atom is 0.224 e. The Morgan fingerprint density at radius 1 is 1.15 bits per heavy atom. The molecule has 1 aliphatic heterocycles. The normalized spacial score (nSPS) is 22.8. The van der Waals surface area contributed by atoms with Crippen LogP contribution in [0, 0.1) is 5.92 Å². The molecule has 4 nitrogen and oxygen atoms in total. The highest BCUT2D eigenvalue weighted by molar-refractivity contribution is 5.79. The summed E-state index contributed by atoms with van der Waals surface area (Å²) in [5, 5.41) is 3.24. The molecule has 0 aliphatic carbocycles. The van der Waals surface area contributed by atoms with Gasteiger partial charge in [-0.15, -0.1) is 0 Å². The Balaban J connectivity index is 1.51. The van der Waals surface area contributed by atoms with Crippen molar-refractivity contribution in [1.82, 2.24) is 10.2 Å². The van der Waals surface area contributed by atoms with Crippen molar-refractivity contribution in [2.75, 3.05) is 6.54 Å². The SMILES string of the molecule is CC(C(=O)NC1CCN(Cc2ccccc2)C(C)C1)C(N)c1ccccc1.